The lowest BCUT2D eigenvalue weighted by Crippen LogP contribution is -2.31. The molecule has 4 heteroatoms. The van der Waals surface area contributed by atoms with Crippen LogP contribution in [-0.2, 0) is 0 Å². The Balaban J connectivity index is 2.14. The molecule has 1 aliphatic carbocycles. The Morgan fingerprint density at radius 1 is 1.62 bits per heavy atom. The van der Waals surface area contributed by atoms with E-state index in [0.717, 1.165) is 23.8 Å². The number of aromatic nitrogens is 1. The highest BCUT2D eigenvalue weighted by atomic mass is 32.1. The summed E-state index contributed by atoms with van der Waals surface area (Å²) in [5.41, 5.74) is 7.45. The third-order valence-electron chi connectivity index (χ3n) is 3.19. The SMILES string of the molecule is CN(CC1CCC1)c1cccnc1C(N)=S. The summed E-state index contributed by atoms with van der Waals surface area (Å²) in [6.45, 7) is 1.07. The fourth-order valence-corrected chi connectivity index (χ4v) is 2.21. The van der Waals surface area contributed by atoms with Gasteiger partial charge in [0.05, 0.1) is 5.69 Å². The summed E-state index contributed by atoms with van der Waals surface area (Å²) in [5.74, 6) is 0.824. The van der Waals surface area contributed by atoms with Crippen LogP contribution in [0, 0.1) is 5.92 Å². The molecular weight excluding hydrogens is 218 g/mol. The molecule has 86 valence electrons. The van der Waals surface area contributed by atoms with E-state index in [2.05, 4.69) is 16.9 Å². The van der Waals surface area contributed by atoms with E-state index in [4.69, 9.17) is 18.0 Å². The van der Waals surface area contributed by atoms with Gasteiger partial charge in [0.1, 0.15) is 10.7 Å². The maximum atomic E-state index is 5.67. The number of nitrogens with two attached hydrogens (primary N) is 1. The van der Waals surface area contributed by atoms with E-state index in [1.807, 2.05) is 12.1 Å². The lowest BCUT2D eigenvalue weighted by Gasteiger charge is -2.31. The van der Waals surface area contributed by atoms with Gasteiger partial charge in [0, 0.05) is 19.8 Å². The second-order valence-corrected chi connectivity index (χ2v) is 4.85. The molecule has 0 bridgehead atoms. The normalized spacial score (nSPS) is 15.6. The van der Waals surface area contributed by atoms with Gasteiger partial charge in [-0.15, -0.1) is 0 Å². The largest absolute Gasteiger partial charge is 0.388 e. The van der Waals surface area contributed by atoms with Crippen molar-refractivity contribution in [2.24, 2.45) is 11.7 Å². The highest BCUT2D eigenvalue weighted by Gasteiger charge is 2.20. The fourth-order valence-electron chi connectivity index (χ4n) is 2.06. The zero-order valence-corrected chi connectivity index (χ0v) is 10.3. The number of nitrogens with zero attached hydrogens (tertiary/aromatic N) is 2. The minimum atomic E-state index is 0.371. The summed E-state index contributed by atoms with van der Waals surface area (Å²) in [6.07, 6.45) is 5.78. The second-order valence-electron chi connectivity index (χ2n) is 4.41. The molecule has 0 aliphatic heterocycles. The molecule has 0 atom stereocenters. The van der Waals surface area contributed by atoms with E-state index >= 15 is 0 Å². The van der Waals surface area contributed by atoms with E-state index in [1.165, 1.54) is 19.3 Å². The minimum absolute atomic E-state index is 0.371. The summed E-state index contributed by atoms with van der Waals surface area (Å²) in [7, 11) is 2.08. The summed E-state index contributed by atoms with van der Waals surface area (Å²) in [6, 6.07) is 3.95. The molecule has 1 aromatic heterocycles. The van der Waals surface area contributed by atoms with Crippen LogP contribution in [0.2, 0.25) is 0 Å². The zero-order valence-electron chi connectivity index (χ0n) is 9.52. The van der Waals surface area contributed by atoms with Gasteiger partial charge in [-0.25, -0.2) is 0 Å². The number of hydrogen-bond donors (Lipinski definition) is 1. The second kappa shape index (κ2) is 4.78. The third kappa shape index (κ3) is 2.32. The first-order valence-corrected chi connectivity index (χ1v) is 6.05. The molecule has 16 heavy (non-hydrogen) atoms. The van der Waals surface area contributed by atoms with Crippen molar-refractivity contribution in [2.45, 2.75) is 19.3 Å². The minimum Gasteiger partial charge on any atom is -0.388 e. The standard InChI is InChI=1S/C12H17N3S/c1-15(8-9-4-2-5-9)10-6-3-7-14-11(10)12(13)16/h3,6-7,9H,2,4-5,8H2,1H3,(H2,13,16). The number of thiocarbonyl (C=S) groups is 1. The van der Waals surface area contributed by atoms with Crippen molar-refractivity contribution in [3.05, 3.63) is 24.0 Å². The Morgan fingerprint density at radius 2 is 2.38 bits per heavy atom. The van der Waals surface area contributed by atoms with Gasteiger partial charge in [0.15, 0.2) is 0 Å². The van der Waals surface area contributed by atoms with Crippen LogP contribution < -0.4 is 10.6 Å². The van der Waals surface area contributed by atoms with E-state index in [0.29, 0.717) is 4.99 Å². The first-order chi connectivity index (χ1) is 7.68. The Bertz CT molecular complexity index is 388. The zero-order chi connectivity index (χ0) is 11.5. The summed E-state index contributed by atoms with van der Waals surface area (Å²) >= 11 is 5.01. The Kier molecular flexibility index (Phi) is 3.39. The average Bonchev–Trinajstić information content (AvgIpc) is 2.23. The van der Waals surface area contributed by atoms with Crippen molar-refractivity contribution in [3.8, 4) is 0 Å². The third-order valence-corrected chi connectivity index (χ3v) is 3.38. The van der Waals surface area contributed by atoms with Crippen LogP contribution in [0.25, 0.3) is 0 Å². The van der Waals surface area contributed by atoms with Crippen LogP contribution in [0.5, 0.6) is 0 Å². The Labute approximate surface area is 102 Å². The molecule has 0 aromatic carbocycles. The van der Waals surface area contributed by atoms with E-state index in [9.17, 15) is 0 Å². The van der Waals surface area contributed by atoms with Gasteiger partial charge in [0.2, 0.25) is 0 Å². The topological polar surface area (TPSA) is 42.2 Å². The number of hydrogen-bond acceptors (Lipinski definition) is 3. The van der Waals surface area contributed by atoms with E-state index in [1.54, 1.807) is 6.20 Å². The van der Waals surface area contributed by atoms with Crippen LogP contribution in [0.3, 0.4) is 0 Å². The Hall–Kier alpha value is -1.16. The van der Waals surface area contributed by atoms with Gasteiger partial charge in [-0.3, -0.25) is 4.98 Å². The van der Waals surface area contributed by atoms with Crippen molar-refractivity contribution < 1.29 is 0 Å². The predicted molar refractivity (Wildman–Crippen MR) is 70.7 cm³/mol. The molecule has 1 fully saturated rings. The fraction of sp³-hybridized carbons (Fsp3) is 0.500. The van der Waals surface area contributed by atoms with Gasteiger partial charge in [-0.1, -0.05) is 18.6 Å². The lowest BCUT2D eigenvalue weighted by atomic mass is 9.85. The molecule has 3 nitrogen and oxygen atoms in total. The molecule has 1 saturated carbocycles. The van der Waals surface area contributed by atoms with Gasteiger partial charge in [-0.2, -0.15) is 0 Å². The van der Waals surface area contributed by atoms with Gasteiger partial charge in [-0.05, 0) is 30.9 Å². The van der Waals surface area contributed by atoms with Crippen molar-refractivity contribution in [1.82, 2.24) is 4.98 Å². The molecule has 0 amide bonds. The molecule has 0 unspecified atom stereocenters. The van der Waals surface area contributed by atoms with Crippen LogP contribution in [0.15, 0.2) is 18.3 Å². The molecule has 0 radical (unpaired) electrons. The maximum Gasteiger partial charge on any atom is 0.124 e. The van der Waals surface area contributed by atoms with Crippen LogP contribution >= 0.6 is 12.2 Å². The molecule has 0 spiro atoms. The first kappa shape index (κ1) is 11.3. The highest BCUT2D eigenvalue weighted by molar-refractivity contribution is 7.80. The Morgan fingerprint density at radius 3 is 2.94 bits per heavy atom. The van der Waals surface area contributed by atoms with Crippen molar-refractivity contribution in [2.75, 3.05) is 18.5 Å². The van der Waals surface area contributed by atoms with Gasteiger partial charge < -0.3 is 10.6 Å². The van der Waals surface area contributed by atoms with Crippen molar-refractivity contribution in [1.29, 1.82) is 0 Å². The molecule has 2 N–H and O–H groups in total. The molecule has 1 heterocycles. The van der Waals surface area contributed by atoms with E-state index < -0.39 is 0 Å². The summed E-state index contributed by atoms with van der Waals surface area (Å²) in [5, 5.41) is 0. The number of anilines is 1. The van der Waals surface area contributed by atoms with Crippen molar-refractivity contribution >= 4 is 22.9 Å². The van der Waals surface area contributed by atoms with Gasteiger partial charge in [0.25, 0.3) is 0 Å². The number of rotatable bonds is 4. The molecule has 1 aromatic rings. The smallest absolute Gasteiger partial charge is 0.124 e. The average molecular weight is 235 g/mol. The van der Waals surface area contributed by atoms with Crippen LogP contribution in [0.1, 0.15) is 25.0 Å². The van der Waals surface area contributed by atoms with Crippen LogP contribution in [0.4, 0.5) is 5.69 Å². The molecule has 0 saturated heterocycles. The highest BCUT2D eigenvalue weighted by Crippen LogP contribution is 2.28. The monoisotopic (exact) mass is 235 g/mol. The maximum absolute atomic E-state index is 5.67. The molecule has 1 aliphatic rings. The van der Waals surface area contributed by atoms with Crippen molar-refractivity contribution in [3.63, 3.8) is 0 Å². The predicted octanol–water partition coefficient (Wildman–Crippen LogP) is 1.95. The van der Waals surface area contributed by atoms with Crippen LogP contribution in [-0.4, -0.2) is 23.6 Å². The van der Waals surface area contributed by atoms with E-state index in [-0.39, 0.29) is 0 Å². The first-order valence-electron chi connectivity index (χ1n) is 5.64. The summed E-state index contributed by atoms with van der Waals surface area (Å²) in [4.78, 5) is 6.83. The lowest BCUT2D eigenvalue weighted by molar-refractivity contribution is 0.321. The number of pyridine rings is 1. The molecule has 2 rings (SSSR count). The molecular formula is C12H17N3S. The summed E-state index contributed by atoms with van der Waals surface area (Å²) < 4.78 is 0. The quantitative estimate of drug-likeness (QED) is 0.810. The van der Waals surface area contributed by atoms with Gasteiger partial charge >= 0.3 is 0 Å².